The standard InChI is InChI=1S/C12H19N3/c1-14-6-3-7-15(9-8-14)11-12-4-2-5-13-10-12/h2,4-5,10H,3,6-9,11H2,1H3/p+2. The molecule has 1 aliphatic heterocycles. The molecule has 0 bridgehead atoms. The Morgan fingerprint density at radius 2 is 2.20 bits per heavy atom. The van der Waals surface area contributed by atoms with Crippen molar-refractivity contribution in [3.8, 4) is 0 Å². The topological polar surface area (TPSA) is 21.8 Å². The van der Waals surface area contributed by atoms with Gasteiger partial charge in [0.25, 0.3) is 0 Å². The van der Waals surface area contributed by atoms with E-state index in [-0.39, 0.29) is 0 Å². The Labute approximate surface area is 91.7 Å². The molecule has 2 N–H and O–H groups in total. The lowest BCUT2D eigenvalue weighted by Crippen LogP contribution is -3.15. The van der Waals surface area contributed by atoms with Crippen molar-refractivity contribution in [2.24, 2.45) is 0 Å². The van der Waals surface area contributed by atoms with Gasteiger partial charge in [-0.15, -0.1) is 0 Å². The fraction of sp³-hybridized carbons (Fsp3) is 0.583. The van der Waals surface area contributed by atoms with Gasteiger partial charge in [0.2, 0.25) is 0 Å². The van der Waals surface area contributed by atoms with Crippen LogP contribution < -0.4 is 9.80 Å². The van der Waals surface area contributed by atoms with E-state index < -0.39 is 0 Å². The number of rotatable bonds is 2. The quantitative estimate of drug-likeness (QED) is 0.598. The van der Waals surface area contributed by atoms with Crippen LogP contribution in [-0.2, 0) is 6.54 Å². The van der Waals surface area contributed by atoms with Gasteiger partial charge in [-0.05, 0) is 6.07 Å². The summed E-state index contributed by atoms with van der Waals surface area (Å²) in [7, 11) is 2.30. The van der Waals surface area contributed by atoms with E-state index in [0.717, 1.165) is 6.54 Å². The van der Waals surface area contributed by atoms with Gasteiger partial charge >= 0.3 is 0 Å². The highest BCUT2D eigenvalue weighted by atomic mass is 15.2. The maximum absolute atomic E-state index is 4.17. The molecule has 0 saturated carbocycles. The Kier molecular flexibility index (Phi) is 3.69. The van der Waals surface area contributed by atoms with Crippen LogP contribution in [0.3, 0.4) is 0 Å². The van der Waals surface area contributed by atoms with Crippen molar-refractivity contribution >= 4 is 0 Å². The summed E-state index contributed by atoms with van der Waals surface area (Å²) in [4.78, 5) is 7.56. The summed E-state index contributed by atoms with van der Waals surface area (Å²) in [5, 5.41) is 0. The van der Waals surface area contributed by atoms with Gasteiger partial charge in [0, 0.05) is 24.4 Å². The predicted molar refractivity (Wildman–Crippen MR) is 59.9 cm³/mol. The minimum absolute atomic E-state index is 1.14. The molecule has 2 unspecified atom stereocenters. The lowest BCUT2D eigenvalue weighted by Gasteiger charge is -2.15. The van der Waals surface area contributed by atoms with Gasteiger partial charge < -0.3 is 9.80 Å². The molecule has 2 heterocycles. The van der Waals surface area contributed by atoms with Crippen molar-refractivity contribution in [3.63, 3.8) is 0 Å². The van der Waals surface area contributed by atoms with Crippen LogP contribution in [0.4, 0.5) is 0 Å². The lowest BCUT2D eigenvalue weighted by molar-refractivity contribution is -0.938. The second kappa shape index (κ2) is 5.24. The van der Waals surface area contributed by atoms with Crippen LogP contribution in [0.2, 0.25) is 0 Å². The van der Waals surface area contributed by atoms with Crippen LogP contribution in [-0.4, -0.2) is 38.2 Å². The Bertz CT molecular complexity index is 286. The molecule has 1 fully saturated rings. The van der Waals surface area contributed by atoms with E-state index in [1.165, 1.54) is 38.2 Å². The number of likely N-dealkylation sites (N-methyl/N-ethyl adjacent to an activating group) is 1. The van der Waals surface area contributed by atoms with Gasteiger partial charge in [0.05, 0.1) is 20.1 Å². The molecule has 1 aromatic rings. The number of hydrogen-bond acceptors (Lipinski definition) is 1. The van der Waals surface area contributed by atoms with Crippen molar-refractivity contribution in [2.75, 3.05) is 33.2 Å². The molecule has 0 radical (unpaired) electrons. The number of quaternary nitrogens is 2. The molecule has 1 aliphatic rings. The normalized spacial score (nSPS) is 27.3. The molecule has 0 aliphatic carbocycles. The second-order valence-electron chi connectivity index (χ2n) is 4.60. The first-order valence-electron chi connectivity index (χ1n) is 5.88. The predicted octanol–water partition coefficient (Wildman–Crippen LogP) is -1.62. The highest BCUT2D eigenvalue weighted by Crippen LogP contribution is 1.91. The molecule has 2 rings (SSSR count). The number of hydrogen-bond donors (Lipinski definition) is 2. The maximum Gasteiger partial charge on any atom is 0.127 e. The van der Waals surface area contributed by atoms with Crippen molar-refractivity contribution in [3.05, 3.63) is 30.1 Å². The van der Waals surface area contributed by atoms with Crippen molar-refractivity contribution in [1.82, 2.24) is 4.98 Å². The Balaban J connectivity index is 1.89. The molecule has 15 heavy (non-hydrogen) atoms. The van der Waals surface area contributed by atoms with Crippen LogP contribution in [0, 0.1) is 0 Å². The zero-order valence-electron chi connectivity index (χ0n) is 9.50. The minimum atomic E-state index is 1.14. The van der Waals surface area contributed by atoms with E-state index >= 15 is 0 Å². The Morgan fingerprint density at radius 1 is 1.27 bits per heavy atom. The van der Waals surface area contributed by atoms with Crippen LogP contribution in [0.5, 0.6) is 0 Å². The van der Waals surface area contributed by atoms with Crippen molar-refractivity contribution < 1.29 is 9.80 Å². The largest absolute Gasteiger partial charge is 0.333 e. The van der Waals surface area contributed by atoms with Gasteiger partial charge in [0.15, 0.2) is 0 Å². The number of pyridine rings is 1. The fourth-order valence-corrected chi connectivity index (χ4v) is 2.25. The SMILES string of the molecule is C[NH+]1CCC[NH+](Cc2cccnc2)CC1. The smallest absolute Gasteiger partial charge is 0.127 e. The average molecular weight is 207 g/mol. The molecular weight excluding hydrogens is 186 g/mol. The molecule has 2 atom stereocenters. The molecule has 0 aromatic carbocycles. The van der Waals surface area contributed by atoms with E-state index in [1.807, 2.05) is 18.5 Å². The van der Waals surface area contributed by atoms with Gasteiger partial charge in [-0.1, -0.05) is 6.07 Å². The number of nitrogens with one attached hydrogen (secondary N) is 2. The number of nitrogens with zero attached hydrogens (tertiary/aromatic N) is 1. The zero-order chi connectivity index (χ0) is 10.5. The monoisotopic (exact) mass is 207 g/mol. The third kappa shape index (κ3) is 3.29. The molecule has 3 heteroatoms. The highest BCUT2D eigenvalue weighted by Gasteiger charge is 2.17. The molecule has 1 saturated heterocycles. The van der Waals surface area contributed by atoms with Crippen LogP contribution >= 0.6 is 0 Å². The molecule has 3 nitrogen and oxygen atoms in total. The summed E-state index contributed by atoms with van der Waals surface area (Å²) in [6.45, 7) is 6.38. The van der Waals surface area contributed by atoms with E-state index in [0.29, 0.717) is 0 Å². The molecular formula is C12H21N3+2. The summed E-state index contributed by atoms with van der Waals surface area (Å²) in [5.74, 6) is 0. The average Bonchev–Trinajstić information content (AvgIpc) is 2.46. The van der Waals surface area contributed by atoms with Crippen molar-refractivity contribution in [1.29, 1.82) is 0 Å². The summed E-state index contributed by atoms with van der Waals surface area (Å²) >= 11 is 0. The Morgan fingerprint density at radius 3 is 3.00 bits per heavy atom. The first-order valence-corrected chi connectivity index (χ1v) is 5.88. The maximum atomic E-state index is 4.17. The summed E-state index contributed by atoms with van der Waals surface area (Å²) in [6, 6.07) is 4.21. The number of aromatic nitrogens is 1. The minimum Gasteiger partial charge on any atom is -0.333 e. The molecule has 82 valence electrons. The molecule has 0 amide bonds. The van der Waals surface area contributed by atoms with Gasteiger partial charge in [-0.2, -0.15) is 0 Å². The van der Waals surface area contributed by atoms with E-state index in [9.17, 15) is 0 Å². The first kappa shape index (κ1) is 10.6. The van der Waals surface area contributed by atoms with Crippen molar-refractivity contribution in [2.45, 2.75) is 13.0 Å². The summed E-state index contributed by atoms with van der Waals surface area (Å²) in [6.07, 6.45) is 5.19. The first-order chi connectivity index (χ1) is 7.34. The third-order valence-electron chi connectivity index (χ3n) is 3.22. The van der Waals surface area contributed by atoms with E-state index in [4.69, 9.17) is 0 Å². The third-order valence-corrected chi connectivity index (χ3v) is 3.22. The van der Waals surface area contributed by atoms with Crippen LogP contribution in [0.25, 0.3) is 0 Å². The summed E-state index contributed by atoms with van der Waals surface area (Å²) < 4.78 is 0. The highest BCUT2D eigenvalue weighted by molar-refractivity contribution is 5.06. The van der Waals surface area contributed by atoms with Crippen LogP contribution in [0.1, 0.15) is 12.0 Å². The molecule has 0 spiro atoms. The summed E-state index contributed by atoms with van der Waals surface area (Å²) in [5.41, 5.74) is 1.37. The zero-order valence-corrected chi connectivity index (χ0v) is 9.50. The van der Waals surface area contributed by atoms with E-state index in [1.54, 1.807) is 9.80 Å². The van der Waals surface area contributed by atoms with Gasteiger partial charge in [-0.25, -0.2) is 0 Å². The lowest BCUT2D eigenvalue weighted by atomic mass is 10.2. The molecule has 1 aromatic heterocycles. The second-order valence-corrected chi connectivity index (χ2v) is 4.60. The van der Waals surface area contributed by atoms with Crippen LogP contribution in [0.15, 0.2) is 24.5 Å². The fourth-order valence-electron chi connectivity index (χ4n) is 2.25. The van der Waals surface area contributed by atoms with E-state index in [2.05, 4.69) is 18.1 Å². The van der Waals surface area contributed by atoms with Gasteiger partial charge in [0.1, 0.15) is 19.6 Å². The Hall–Kier alpha value is -0.930. The van der Waals surface area contributed by atoms with Gasteiger partial charge in [-0.3, -0.25) is 4.98 Å².